The van der Waals surface area contributed by atoms with E-state index in [9.17, 15) is 4.79 Å². The van der Waals surface area contributed by atoms with Gasteiger partial charge >= 0.3 is 0 Å². The zero-order chi connectivity index (χ0) is 14.7. The topological polar surface area (TPSA) is 57.0 Å². The molecule has 0 saturated carbocycles. The summed E-state index contributed by atoms with van der Waals surface area (Å²) in [6.07, 6.45) is 4.16. The van der Waals surface area contributed by atoms with Crippen LogP contribution >= 0.6 is 0 Å². The summed E-state index contributed by atoms with van der Waals surface area (Å²) in [6.45, 7) is 0. The van der Waals surface area contributed by atoms with Crippen molar-refractivity contribution in [1.82, 2.24) is 14.8 Å². The fourth-order valence-corrected chi connectivity index (χ4v) is 2.04. The average Bonchev–Trinajstić information content (AvgIpc) is 3.00. The number of benzene rings is 1. The van der Waals surface area contributed by atoms with E-state index in [1.807, 2.05) is 42.5 Å². The molecule has 0 aliphatic rings. The smallest absolute Gasteiger partial charge is 0.153 e. The highest BCUT2D eigenvalue weighted by Gasteiger charge is 2.12. The maximum Gasteiger partial charge on any atom is 0.153 e. The van der Waals surface area contributed by atoms with Gasteiger partial charge in [0.05, 0.1) is 24.1 Å². The first-order chi connectivity index (χ1) is 10.3. The number of methoxy groups -OCH3 is 1. The van der Waals surface area contributed by atoms with Gasteiger partial charge in [-0.1, -0.05) is 6.07 Å². The lowest BCUT2D eigenvalue weighted by molar-refractivity contribution is 0.112. The van der Waals surface area contributed by atoms with Crippen LogP contribution in [-0.2, 0) is 0 Å². The number of carbonyl (C=O) groups excluding carboxylic acids is 1. The van der Waals surface area contributed by atoms with Gasteiger partial charge in [0.15, 0.2) is 6.29 Å². The van der Waals surface area contributed by atoms with Gasteiger partial charge in [-0.15, -0.1) is 0 Å². The third kappa shape index (κ3) is 2.53. The minimum Gasteiger partial charge on any atom is -0.497 e. The first-order valence-corrected chi connectivity index (χ1v) is 6.42. The second-order valence-corrected chi connectivity index (χ2v) is 4.41. The van der Waals surface area contributed by atoms with Gasteiger partial charge in [-0.2, -0.15) is 5.10 Å². The number of ether oxygens (including phenoxy) is 1. The summed E-state index contributed by atoms with van der Waals surface area (Å²) < 4.78 is 6.79. The van der Waals surface area contributed by atoms with Crippen LogP contribution < -0.4 is 4.74 Å². The van der Waals surface area contributed by atoms with Crippen LogP contribution in [0.5, 0.6) is 5.75 Å². The largest absolute Gasteiger partial charge is 0.497 e. The minimum absolute atomic E-state index is 0.504. The van der Waals surface area contributed by atoms with Crippen LogP contribution in [0.2, 0.25) is 0 Å². The summed E-state index contributed by atoms with van der Waals surface area (Å²) in [7, 11) is 1.62. The molecule has 0 spiro atoms. The van der Waals surface area contributed by atoms with Crippen LogP contribution in [0.1, 0.15) is 10.4 Å². The molecular formula is C16H13N3O2. The van der Waals surface area contributed by atoms with E-state index in [0.717, 1.165) is 17.7 Å². The molecule has 5 nitrogen and oxygen atoms in total. The Hall–Kier alpha value is -2.95. The number of aromatic nitrogens is 3. The highest BCUT2D eigenvalue weighted by Crippen LogP contribution is 2.21. The molecule has 2 heterocycles. The van der Waals surface area contributed by atoms with E-state index in [4.69, 9.17) is 4.74 Å². The number of pyridine rings is 1. The molecule has 21 heavy (non-hydrogen) atoms. The number of hydrogen-bond acceptors (Lipinski definition) is 4. The lowest BCUT2D eigenvalue weighted by atomic mass is 10.2. The minimum atomic E-state index is 0.504. The summed E-state index contributed by atoms with van der Waals surface area (Å²) in [6, 6.07) is 13.0. The van der Waals surface area contributed by atoms with Gasteiger partial charge in [0, 0.05) is 12.4 Å². The van der Waals surface area contributed by atoms with Gasteiger partial charge < -0.3 is 4.74 Å². The first kappa shape index (κ1) is 13.1. The van der Waals surface area contributed by atoms with E-state index in [-0.39, 0.29) is 0 Å². The van der Waals surface area contributed by atoms with Crippen LogP contribution in [0.3, 0.4) is 0 Å². The van der Waals surface area contributed by atoms with Gasteiger partial charge in [0.25, 0.3) is 0 Å². The highest BCUT2D eigenvalue weighted by molar-refractivity contribution is 5.84. The number of aldehydes is 1. The Balaban J connectivity index is 2.04. The normalized spacial score (nSPS) is 10.3. The van der Waals surface area contributed by atoms with Gasteiger partial charge in [0.2, 0.25) is 0 Å². The quantitative estimate of drug-likeness (QED) is 0.689. The first-order valence-electron chi connectivity index (χ1n) is 6.42. The Morgan fingerprint density at radius 2 is 1.95 bits per heavy atom. The Kier molecular flexibility index (Phi) is 3.47. The predicted molar refractivity (Wildman–Crippen MR) is 78.7 cm³/mol. The van der Waals surface area contributed by atoms with Crippen molar-refractivity contribution in [2.75, 3.05) is 7.11 Å². The Bertz CT molecular complexity index is 749. The molecule has 0 unspecified atom stereocenters. The Morgan fingerprint density at radius 1 is 1.14 bits per heavy atom. The molecule has 0 aliphatic heterocycles. The number of hydrogen-bond donors (Lipinski definition) is 0. The van der Waals surface area contributed by atoms with Crippen LogP contribution in [0, 0.1) is 0 Å². The SMILES string of the molecule is COc1ccc(-n2cc(C=O)c(-c3ccccn3)n2)cc1. The molecule has 0 bridgehead atoms. The number of nitrogens with zero attached hydrogens (tertiary/aromatic N) is 3. The third-order valence-corrected chi connectivity index (χ3v) is 3.11. The van der Waals surface area contributed by atoms with E-state index in [0.29, 0.717) is 17.0 Å². The molecule has 0 aliphatic carbocycles. The van der Waals surface area contributed by atoms with E-state index in [1.54, 1.807) is 24.2 Å². The average molecular weight is 279 g/mol. The molecule has 0 atom stereocenters. The molecule has 0 fully saturated rings. The van der Waals surface area contributed by atoms with Crippen molar-refractivity contribution in [3.8, 4) is 22.8 Å². The van der Waals surface area contributed by atoms with Crippen molar-refractivity contribution in [1.29, 1.82) is 0 Å². The standard InChI is InChI=1S/C16H13N3O2/c1-21-14-7-5-13(6-8-14)19-10-12(11-20)16(18-19)15-4-2-3-9-17-15/h2-11H,1H3. The lowest BCUT2D eigenvalue weighted by Crippen LogP contribution is -1.95. The highest BCUT2D eigenvalue weighted by atomic mass is 16.5. The molecule has 0 N–H and O–H groups in total. The van der Waals surface area contributed by atoms with Gasteiger partial charge in [-0.05, 0) is 36.4 Å². The van der Waals surface area contributed by atoms with E-state index >= 15 is 0 Å². The molecule has 0 saturated heterocycles. The third-order valence-electron chi connectivity index (χ3n) is 3.11. The number of carbonyl (C=O) groups is 1. The molecular weight excluding hydrogens is 266 g/mol. The molecule has 1 aromatic carbocycles. The van der Waals surface area contributed by atoms with Gasteiger partial charge in [0.1, 0.15) is 11.4 Å². The summed E-state index contributed by atoms with van der Waals surface area (Å²) in [4.78, 5) is 15.5. The van der Waals surface area contributed by atoms with Crippen LogP contribution in [-0.4, -0.2) is 28.2 Å². The number of rotatable bonds is 4. The van der Waals surface area contributed by atoms with Crippen molar-refractivity contribution in [2.24, 2.45) is 0 Å². The molecule has 0 radical (unpaired) electrons. The summed E-state index contributed by atoms with van der Waals surface area (Å²) in [5.41, 5.74) is 2.60. The Morgan fingerprint density at radius 3 is 2.57 bits per heavy atom. The second-order valence-electron chi connectivity index (χ2n) is 4.41. The van der Waals surface area contributed by atoms with E-state index < -0.39 is 0 Å². The molecule has 3 aromatic rings. The van der Waals surface area contributed by atoms with Crippen molar-refractivity contribution >= 4 is 6.29 Å². The summed E-state index contributed by atoms with van der Waals surface area (Å²) >= 11 is 0. The maximum atomic E-state index is 11.2. The molecule has 2 aromatic heterocycles. The van der Waals surface area contributed by atoms with E-state index in [1.165, 1.54) is 0 Å². The summed E-state index contributed by atoms with van der Waals surface area (Å²) in [5, 5.41) is 4.46. The van der Waals surface area contributed by atoms with Crippen molar-refractivity contribution in [3.63, 3.8) is 0 Å². The van der Waals surface area contributed by atoms with Crippen LogP contribution in [0.4, 0.5) is 0 Å². The zero-order valence-electron chi connectivity index (χ0n) is 11.4. The zero-order valence-corrected chi connectivity index (χ0v) is 11.4. The second kappa shape index (κ2) is 5.58. The van der Waals surface area contributed by atoms with Crippen molar-refractivity contribution in [2.45, 2.75) is 0 Å². The maximum absolute atomic E-state index is 11.2. The molecule has 3 rings (SSSR count). The van der Waals surface area contributed by atoms with Gasteiger partial charge in [-0.25, -0.2) is 4.68 Å². The van der Waals surface area contributed by atoms with Crippen molar-refractivity contribution < 1.29 is 9.53 Å². The van der Waals surface area contributed by atoms with Gasteiger partial charge in [-0.3, -0.25) is 9.78 Å². The molecule has 104 valence electrons. The molecule has 0 amide bonds. The molecule has 5 heteroatoms. The van der Waals surface area contributed by atoms with E-state index in [2.05, 4.69) is 10.1 Å². The van der Waals surface area contributed by atoms with Crippen LogP contribution in [0.25, 0.3) is 17.1 Å². The van der Waals surface area contributed by atoms with Crippen LogP contribution in [0.15, 0.2) is 54.9 Å². The fourth-order valence-electron chi connectivity index (χ4n) is 2.04. The fraction of sp³-hybridized carbons (Fsp3) is 0.0625. The predicted octanol–water partition coefficient (Wildman–Crippen LogP) is 2.76. The lowest BCUT2D eigenvalue weighted by Gasteiger charge is -2.03. The monoisotopic (exact) mass is 279 g/mol. The van der Waals surface area contributed by atoms with Crippen molar-refractivity contribution in [3.05, 3.63) is 60.4 Å². The summed E-state index contributed by atoms with van der Waals surface area (Å²) in [5.74, 6) is 0.770. The Labute approximate surface area is 121 Å².